The van der Waals surface area contributed by atoms with Crippen LogP contribution >= 0.6 is 11.3 Å². The first-order valence-corrected chi connectivity index (χ1v) is 8.97. The minimum absolute atomic E-state index is 0.131. The number of hydrogen-bond acceptors (Lipinski definition) is 5. The maximum absolute atomic E-state index is 4.61. The summed E-state index contributed by atoms with van der Waals surface area (Å²) < 4.78 is 1.79. The second kappa shape index (κ2) is 5.97. The number of para-hydroxylation sites is 1. The summed E-state index contributed by atoms with van der Waals surface area (Å²) in [4.78, 5) is 0.772. The highest BCUT2D eigenvalue weighted by Gasteiger charge is 2.16. The molecule has 0 radical (unpaired) electrons. The largest absolute Gasteiger partial charge is 0.330 e. The summed E-state index contributed by atoms with van der Waals surface area (Å²) in [5.74, 6) is 0.757. The predicted octanol–water partition coefficient (Wildman–Crippen LogP) is 4.89. The normalized spacial score (nSPS) is 11.8. The second-order valence-electron chi connectivity index (χ2n) is 6.94. The van der Waals surface area contributed by atoms with Crippen LogP contribution in [0.4, 0.5) is 10.8 Å². The Morgan fingerprint density at radius 2 is 1.64 bits per heavy atom. The van der Waals surface area contributed by atoms with Gasteiger partial charge in [0.05, 0.1) is 0 Å². The van der Waals surface area contributed by atoms with E-state index in [-0.39, 0.29) is 5.41 Å². The van der Waals surface area contributed by atoms with E-state index in [2.05, 4.69) is 65.6 Å². The molecule has 2 aromatic heterocycles. The monoisotopic (exact) mass is 349 g/mol. The topological polar surface area (TPSA) is 55.1 Å². The summed E-state index contributed by atoms with van der Waals surface area (Å²) in [6.45, 7) is 6.62. The Morgan fingerprint density at radius 3 is 2.32 bits per heavy atom. The van der Waals surface area contributed by atoms with E-state index < -0.39 is 0 Å². The zero-order valence-electron chi connectivity index (χ0n) is 14.4. The number of rotatable bonds is 3. The zero-order valence-corrected chi connectivity index (χ0v) is 15.2. The molecule has 4 aromatic rings. The van der Waals surface area contributed by atoms with E-state index in [1.807, 2.05) is 30.3 Å². The molecule has 6 heteroatoms. The smallest absolute Gasteiger partial charge is 0.236 e. The molecule has 0 saturated carbocycles. The summed E-state index contributed by atoms with van der Waals surface area (Å²) in [5.41, 5.74) is 3.44. The van der Waals surface area contributed by atoms with Gasteiger partial charge in [0, 0.05) is 11.3 Å². The van der Waals surface area contributed by atoms with Crippen LogP contribution in [-0.2, 0) is 5.41 Å². The number of fused-ring (bicyclic) bond motifs is 1. The fourth-order valence-corrected chi connectivity index (χ4v) is 3.37. The van der Waals surface area contributed by atoms with E-state index in [1.54, 1.807) is 4.52 Å². The van der Waals surface area contributed by atoms with Gasteiger partial charge in [-0.25, -0.2) is 0 Å². The van der Waals surface area contributed by atoms with Gasteiger partial charge in [-0.15, -0.1) is 15.3 Å². The van der Waals surface area contributed by atoms with Crippen LogP contribution in [0.25, 0.3) is 16.3 Å². The van der Waals surface area contributed by atoms with Gasteiger partial charge in [0.1, 0.15) is 0 Å². The van der Waals surface area contributed by atoms with Gasteiger partial charge in [-0.1, -0.05) is 74.6 Å². The SMILES string of the molecule is CC(C)(C)c1ccc(-c2nnc3sc(Nc4ccccc4)nn23)cc1. The molecule has 0 aliphatic carbocycles. The first-order chi connectivity index (χ1) is 12.0. The van der Waals surface area contributed by atoms with Crippen LogP contribution in [0.15, 0.2) is 54.6 Å². The fraction of sp³-hybridized carbons (Fsp3) is 0.211. The Hall–Kier alpha value is -2.73. The molecule has 0 atom stereocenters. The van der Waals surface area contributed by atoms with Crippen LogP contribution in [0.5, 0.6) is 0 Å². The van der Waals surface area contributed by atoms with E-state index in [1.165, 1.54) is 16.9 Å². The van der Waals surface area contributed by atoms with Crippen LogP contribution in [0.1, 0.15) is 26.3 Å². The molecule has 0 fully saturated rings. The van der Waals surface area contributed by atoms with Gasteiger partial charge in [-0.2, -0.15) is 4.52 Å². The molecule has 0 aliphatic heterocycles. The van der Waals surface area contributed by atoms with E-state index in [4.69, 9.17) is 0 Å². The third-order valence-corrected chi connectivity index (χ3v) is 4.84. The minimum atomic E-state index is 0.131. The van der Waals surface area contributed by atoms with Crippen molar-refractivity contribution in [2.24, 2.45) is 0 Å². The summed E-state index contributed by atoms with van der Waals surface area (Å²) in [7, 11) is 0. The van der Waals surface area contributed by atoms with Crippen LogP contribution < -0.4 is 5.32 Å². The van der Waals surface area contributed by atoms with Crippen molar-refractivity contribution in [1.29, 1.82) is 0 Å². The Kier molecular flexibility index (Phi) is 3.77. The maximum Gasteiger partial charge on any atom is 0.236 e. The molecule has 1 N–H and O–H groups in total. The lowest BCUT2D eigenvalue weighted by Crippen LogP contribution is -2.10. The molecule has 0 saturated heterocycles. The van der Waals surface area contributed by atoms with Gasteiger partial charge in [0.15, 0.2) is 5.82 Å². The summed E-state index contributed by atoms with van der Waals surface area (Å²) in [6.07, 6.45) is 0. The van der Waals surface area contributed by atoms with Crippen molar-refractivity contribution in [3.05, 3.63) is 60.2 Å². The molecule has 0 aliphatic rings. The standard InChI is InChI=1S/C19H19N5S/c1-19(2,3)14-11-9-13(10-12-14)16-21-22-18-24(16)23-17(25-18)20-15-7-5-4-6-8-15/h4-12H,1-3H3,(H,20,23). The molecular formula is C19H19N5S. The Morgan fingerprint density at radius 1 is 0.920 bits per heavy atom. The number of anilines is 2. The molecule has 0 bridgehead atoms. The van der Waals surface area contributed by atoms with Crippen molar-refractivity contribution in [2.75, 3.05) is 5.32 Å². The minimum Gasteiger partial charge on any atom is -0.330 e. The molecule has 0 unspecified atom stereocenters. The Labute approximate surface area is 150 Å². The summed E-state index contributed by atoms with van der Waals surface area (Å²) in [5, 5.41) is 17.3. The highest BCUT2D eigenvalue weighted by Crippen LogP contribution is 2.28. The molecule has 0 spiro atoms. The molecule has 25 heavy (non-hydrogen) atoms. The Balaban J connectivity index is 1.66. The first kappa shape index (κ1) is 15.8. The summed E-state index contributed by atoms with van der Waals surface area (Å²) in [6, 6.07) is 18.4. The average molecular weight is 349 g/mol. The van der Waals surface area contributed by atoms with Crippen LogP contribution in [0, 0.1) is 0 Å². The molecule has 4 rings (SSSR count). The lowest BCUT2D eigenvalue weighted by molar-refractivity contribution is 0.590. The molecular weight excluding hydrogens is 330 g/mol. The van der Waals surface area contributed by atoms with Gasteiger partial charge in [-0.05, 0) is 23.1 Å². The number of aromatic nitrogens is 4. The fourth-order valence-electron chi connectivity index (χ4n) is 2.61. The average Bonchev–Trinajstić information content (AvgIpc) is 3.15. The highest BCUT2D eigenvalue weighted by molar-refractivity contribution is 7.20. The first-order valence-electron chi connectivity index (χ1n) is 8.16. The van der Waals surface area contributed by atoms with Crippen molar-refractivity contribution < 1.29 is 0 Å². The van der Waals surface area contributed by atoms with Crippen LogP contribution in [0.3, 0.4) is 0 Å². The third kappa shape index (κ3) is 3.13. The van der Waals surface area contributed by atoms with Gasteiger partial charge < -0.3 is 5.32 Å². The van der Waals surface area contributed by atoms with Crippen molar-refractivity contribution in [2.45, 2.75) is 26.2 Å². The molecule has 0 amide bonds. The van der Waals surface area contributed by atoms with Crippen molar-refractivity contribution in [3.63, 3.8) is 0 Å². The molecule has 5 nitrogen and oxygen atoms in total. The second-order valence-corrected chi connectivity index (χ2v) is 7.90. The molecule has 2 heterocycles. The quantitative estimate of drug-likeness (QED) is 0.572. The van der Waals surface area contributed by atoms with Gasteiger partial charge in [0.25, 0.3) is 0 Å². The number of benzene rings is 2. The van der Waals surface area contributed by atoms with Crippen LogP contribution in [-0.4, -0.2) is 19.8 Å². The van der Waals surface area contributed by atoms with Gasteiger partial charge in [-0.3, -0.25) is 0 Å². The van der Waals surface area contributed by atoms with E-state index in [0.29, 0.717) is 0 Å². The summed E-state index contributed by atoms with van der Waals surface area (Å²) >= 11 is 1.48. The third-order valence-electron chi connectivity index (χ3n) is 4.03. The van der Waals surface area contributed by atoms with Crippen molar-refractivity contribution >= 4 is 27.1 Å². The Bertz CT molecular complexity index is 994. The number of nitrogens with zero attached hydrogens (tertiary/aromatic N) is 4. The lowest BCUT2D eigenvalue weighted by atomic mass is 9.87. The lowest BCUT2D eigenvalue weighted by Gasteiger charge is -2.18. The van der Waals surface area contributed by atoms with E-state index >= 15 is 0 Å². The van der Waals surface area contributed by atoms with Gasteiger partial charge >= 0.3 is 0 Å². The number of nitrogens with one attached hydrogen (secondary N) is 1. The zero-order chi connectivity index (χ0) is 17.4. The molecule has 2 aromatic carbocycles. The van der Waals surface area contributed by atoms with Crippen molar-refractivity contribution in [3.8, 4) is 11.4 Å². The maximum atomic E-state index is 4.61. The number of hydrogen-bond donors (Lipinski definition) is 1. The van der Waals surface area contributed by atoms with Crippen LogP contribution in [0.2, 0.25) is 0 Å². The van der Waals surface area contributed by atoms with E-state index in [9.17, 15) is 0 Å². The predicted molar refractivity (Wildman–Crippen MR) is 103 cm³/mol. The van der Waals surface area contributed by atoms with Crippen molar-refractivity contribution in [1.82, 2.24) is 19.8 Å². The van der Waals surface area contributed by atoms with E-state index in [0.717, 1.165) is 27.2 Å². The highest BCUT2D eigenvalue weighted by atomic mass is 32.1. The molecule has 126 valence electrons. The van der Waals surface area contributed by atoms with Gasteiger partial charge in [0.2, 0.25) is 10.1 Å².